The smallest absolute Gasteiger partial charge is 0.318 e. The number of carbonyl (C=O) groups excluding carboxylic acids is 1. The molecule has 116 valence electrons. The molecule has 0 aromatic carbocycles. The van der Waals surface area contributed by atoms with E-state index in [2.05, 4.69) is 18.3 Å². The van der Waals surface area contributed by atoms with Crippen molar-refractivity contribution in [2.24, 2.45) is 0 Å². The zero-order chi connectivity index (χ0) is 15.2. The molecule has 2 rings (SSSR count). The molecule has 1 saturated heterocycles. The number of nitrogens with one attached hydrogen (secondary N) is 1. The van der Waals surface area contributed by atoms with Crippen LogP contribution >= 0.6 is 23.1 Å². The standard InChI is InChI=1S/C14H20N2O3S2/c1-2-11-3-4-12(21-11)8-15-14(19)16-5-6-20-9-10(16)7-13(17)18/h3-4,10H,2,5-9H2,1H3,(H,15,19)(H,17,18). The Morgan fingerprint density at radius 1 is 1.43 bits per heavy atom. The number of rotatable bonds is 5. The van der Waals surface area contributed by atoms with Gasteiger partial charge in [-0.3, -0.25) is 4.79 Å². The first-order valence-electron chi connectivity index (χ1n) is 7.01. The molecule has 0 bridgehead atoms. The molecule has 1 aromatic heterocycles. The molecule has 2 heterocycles. The van der Waals surface area contributed by atoms with Gasteiger partial charge in [0.05, 0.1) is 19.0 Å². The molecule has 1 unspecified atom stereocenters. The van der Waals surface area contributed by atoms with E-state index in [4.69, 9.17) is 5.11 Å². The van der Waals surface area contributed by atoms with E-state index in [1.165, 1.54) is 4.88 Å². The summed E-state index contributed by atoms with van der Waals surface area (Å²) in [5, 5.41) is 11.8. The quantitative estimate of drug-likeness (QED) is 0.871. The second kappa shape index (κ2) is 7.70. The summed E-state index contributed by atoms with van der Waals surface area (Å²) >= 11 is 3.41. The number of thiophene rings is 1. The van der Waals surface area contributed by atoms with Crippen molar-refractivity contribution in [2.45, 2.75) is 32.4 Å². The summed E-state index contributed by atoms with van der Waals surface area (Å²) in [6.07, 6.45) is 1.02. The van der Waals surface area contributed by atoms with Crippen molar-refractivity contribution in [2.75, 3.05) is 18.1 Å². The number of hydrogen-bond donors (Lipinski definition) is 2. The minimum Gasteiger partial charge on any atom is -0.481 e. The third-order valence-corrected chi connectivity index (χ3v) is 5.70. The lowest BCUT2D eigenvalue weighted by atomic mass is 10.2. The molecule has 0 saturated carbocycles. The average molecular weight is 328 g/mol. The number of nitrogens with zero attached hydrogens (tertiary/aromatic N) is 1. The van der Waals surface area contributed by atoms with Crippen molar-refractivity contribution >= 4 is 35.1 Å². The maximum absolute atomic E-state index is 12.3. The molecular formula is C14H20N2O3S2. The van der Waals surface area contributed by atoms with Gasteiger partial charge in [0, 0.05) is 27.8 Å². The monoisotopic (exact) mass is 328 g/mol. The predicted octanol–water partition coefficient (Wildman–Crippen LogP) is 2.41. The van der Waals surface area contributed by atoms with Gasteiger partial charge in [-0.25, -0.2) is 4.79 Å². The lowest BCUT2D eigenvalue weighted by molar-refractivity contribution is -0.137. The fraction of sp³-hybridized carbons (Fsp3) is 0.571. The van der Waals surface area contributed by atoms with Gasteiger partial charge in [-0.15, -0.1) is 11.3 Å². The molecule has 1 aromatic rings. The van der Waals surface area contributed by atoms with Gasteiger partial charge in [0.15, 0.2) is 0 Å². The zero-order valence-corrected chi connectivity index (χ0v) is 13.6. The molecule has 1 aliphatic rings. The van der Waals surface area contributed by atoms with Crippen molar-refractivity contribution < 1.29 is 14.7 Å². The first-order valence-corrected chi connectivity index (χ1v) is 8.99. The van der Waals surface area contributed by atoms with Gasteiger partial charge in [0.25, 0.3) is 0 Å². The van der Waals surface area contributed by atoms with Gasteiger partial charge in [0.2, 0.25) is 0 Å². The minimum atomic E-state index is -0.855. The number of hydrogen-bond acceptors (Lipinski definition) is 4. The van der Waals surface area contributed by atoms with E-state index in [0.29, 0.717) is 18.8 Å². The Bertz CT molecular complexity index is 504. The van der Waals surface area contributed by atoms with Crippen molar-refractivity contribution in [3.8, 4) is 0 Å². The number of aryl methyl sites for hydroxylation is 1. The summed E-state index contributed by atoms with van der Waals surface area (Å²) in [6.45, 7) is 3.22. The number of carbonyl (C=O) groups is 2. The maximum atomic E-state index is 12.3. The SMILES string of the molecule is CCc1ccc(CNC(=O)N2CCSCC2CC(=O)O)s1. The van der Waals surface area contributed by atoms with Crippen molar-refractivity contribution in [1.29, 1.82) is 0 Å². The average Bonchev–Trinajstić information content (AvgIpc) is 2.93. The van der Waals surface area contributed by atoms with Gasteiger partial charge in [-0.1, -0.05) is 6.92 Å². The van der Waals surface area contributed by atoms with Crippen molar-refractivity contribution in [3.63, 3.8) is 0 Å². The van der Waals surface area contributed by atoms with Crippen LogP contribution in [0.5, 0.6) is 0 Å². The normalized spacial score (nSPS) is 18.5. The third kappa shape index (κ3) is 4.64. The van der Waals surface area contributed by atoms with E-state index in [9.17, 15) is 9.59 Å². The van der Waals surface area contributed by atoms with Gasteiger partial charge >= 0.3 is 12.0 Å². The van der Waals surface area contributed by atoms with Gasteiger partial charge in [-0.05, 0) is 18.6 Å². The van der Waals surface area contributed by atoms with Crippen LogP contribution in [0, 0.1) is 0 Å². The molecule has 0 radical (unpaired) electrons. The second-order valence-electron chi connectivity index (χ2n) is 4.90. The Morgan fingerprint density at radius 2 is 2.19 bits per heavy atom. The number of urea groups is 1. The Hall–Kier alpha value is -1.21. The van der Waals surface area contributed by atoms with Crippen LogP contribution in [0.3, 0.4) is 0 Å². The van der Waals surface area contributed by atoms with Crippen LogP contribution in [0.1, 0.15) is 23.1 Å². The van der Waals surface area contributed by atoms with Gasteiger partial charge in [-0.2, -0.15) is 11.8 Å². The van der Waals surface area contributed by atoms with Crippen LogP contribution in [-0.4, -0.2) is 46.1 Å². The van der Waals surface area contributed by atoms with Crippen LogP contribution in [0.4, 0.5) is 4.79 Å². The Morgan fingerprint density at radius 3 is 2.86 bits per heavy atom. The first kappa shape index (κ1) is 16.2. The molecule has 2 amide bonds. The van der Waals surface area contributed by atoms with Crippen molar-refractivity contribution in [1.82, 2.24) is 10.2 Å². The summed E-state index contributed by atoms with van der Waals surface area (Å²) in [7, 11) is 0. The highest BCUT2D eigenvalue weighted by atomic mass is 32.2. The predicted molar refractivity (Wildman–Crippen MR) is 86.0 cm³/mol. The zero-order valence-electron chi connectivity index (χ0n) is 12.0. The largest absolute Gasteiger partial charge is 0.481 e. The second-order valence-corrected chi connectivity index (χ2v) is 7.30. The summed E-state index contributed by atoms with van der Waals surface area (Å²) in [5.74, 6) is 0.701. The summed E-state index contributed by atoms with van der Waals surface area (Å²) < 4.78 is 0. The summed E-state index contributed by atoms with van der Waals surface area (Å²) in [4.78, 5) is 27.2. The molecule has 5 nitrogen and oxygen atoms in total. The lowest BCUT2D eigenvalue weighted by Gasteiger charge is -2.34. The molecule has 1 aliphatic heterocycles. The fourth-order valence-electron chi connectivity index (χ4n) is 2.26. The number of carboxylic acids is 1. The number of amides is 2. The van der Waals surface area contributed by atoms with E-state index in [1.54, 1.807) is 28.0 Å². The highest BCUT2D eigenvalue weighted by molar-refractivity contribution is 7.99. The maximum Gasteiger partial charge on any atom is 0.318 e. The number of carboxylic acid groups (broad SMARTS) is 1. The van der Waals surface area contributed by atoms with Gasteiger partial charge in [0.1, 0.15) is 0 Å². The Labute approximate surface area is 132 Å². The van der Waals surface area contributed by atoms with Crippen LogP contribution in [0.25, 0.3) is 0 Å². The highest BCUT2D eigenvalue weighted by Gasteiger charge is 2.28. The summed E-state index contributed by atoms with van der Waals surface area (Å²) in [6, 6.07) is 3.74. The minimum absolute atomic E-state index is 0.0133. The van der Waals surface area contributed by atoms with E-state index in [0.717, 1.165) is 17.1 Å². The summed E-state index contributed by atoms with van der Waals surface area (Å²) in [5.41, 5.74) is 0. The first-order chi connectivity index (χ1) is 10.1. The molecule has 2 N–H and O–H groups in total. The van der Waals surface area contributed by atoms with Crippen LogP contribution in [-0.2, 0) is 17.8 Å². The van der Waals surface area contributed by atoms with Crippen molar-refractivity contribution in [3.05, 3.63) is 21.9 Å². The van der Waals surface area contributed by atoms with E-state index in [-0.39, 0.29) is 18.5 Å². The van der Waals surface area contributed by atoms with Crippen LogP contribution in [0.15, 0.2) is 12.1 Å². The highest BCUT2D eigenvalue weighted by Crippen LogP contribution is 2.20. The van der Waals surface area contributed by atoms with Gasteiger partial charge < -0.3 is 15.3 Å². The molecule has 0 spiro atoms. The molecule has 1 atom stereocenters. The molecule has 1 fully saturated rings. The van der Waals surface area contributed by atoms with E-state index in [1.807, 2.05) is 6.07 Å². The Balaban J connectivity index is 1.89. The third-order valence-electron chi connectivity index (χ3n) is 3.38. The molecule has 21 heavy (non-hydrogen) atoms. The number of thioether (sulfide) groups is 1. The molecular weight excluding hydrogens is 308 g/mol. The topological polar surface area (TPSA) is 69.6 Å². The Kier molecular flexibility index (Phi) is 5.93. The lowest BCUT2D eigenvalue weighted by Crippen LogP contribution is -2.51. The van der Waals surface area contributed by atoms with Crippen LogP contribution < -0.4 is 5.32 Å². The number of aliphatic carboxylic acids is 1. The molecule has 0 aliphatic carbocycles. The molecule has 7 heteroatoms. The van der Waals surface area contributed by atoms with E-state index >= 15 is 0 Å². The van der Waals surface area contributed by atoms with Crippen LogP contribution in [0.2, 0.25) is 0 Å². The van der Waals surface area contributed by atoms with E-state index < -0.39 is 5.97 Å². The fourth-order valence-corrected chi connectivity index (χ4v) is 4.22.